The van der Waals surface area contributed by atoms with E-state index in [1.54, 1.807) is 37.3 Å². The molecule has 0 saturated carbocycles. The smallest absolute Gasteiger partial charge is 0.360 e. The SMILES string of the molecule is CCOC(=O)c1cc(/C=C\c2ccc(Cl)cc2Cl)on1. The summed E-state index contributed by atoms with van der Waals surface area (Å²) >= 11 is 11.9. The fourth-order valence-electron chi connectivity index (χ4n) is 1.48. The summed E-state index contributed by atoms with van der Waals surface area (Å²) in [5.41, 5.74) is 0.916. The van der Waals surface area contributed by atoms with Crippen molar-refractivity contribution in [3.63, 3.8) is 0 Å². The quantitative estimate of drug-likeness (QED) is 0.789. The van der Waals surface area contributed by atoms with E-state index >= 15 is 0 Å². The number of ether oxygens (including phenoxy) is 1. The van der Waals surface area contributed by atoms with Crippen LogP contribution >= 0.6 is 23.2 Å². The second-order valence-electron chi connectivity index (χ2n) is 3.83. The number of esters is 1. The maximum atomic E-state index is 11.4. The van der Waals surface area contributed by atoms with Crippen LogP contribution in [0.4, 0.5) is 0 Å². The number of carbonyl (C=O) groups is 1. The molecule has 20 heavy (non-hydrogen) atoms. The Labute approximate surface area is 125 Å². The van der Waals surface area contributed by atoms with Gasteiger partial charge >= 0.3 is 5.97 Å². The molecule has 0 saturated heterocycles. The van der Waals surface area contributed by atoms with Crippen LogP contribution in [0.5, 0.6) is 0 Å². The summed E-state index contributed by atoms with van der Waals surface area (Å²) in [6.07, 6.45) is 3.40. The van der Waals surface area contributed by atoms with Crippen LogP contribution in [0.2, 0.25) is 10.0 Å². The molecule has 1 aromatic heterocycles. The zero-order valence-corrected chi connectivity index (χ0v) is 12.1. The van der Waals surface area contributed by atoms with Crippen molar-refractivity contribution >= 4 is 41.3 Å². The number of hydrogen-bond acceptors (Lipinski definition) is 4. The second kappa shape index (κ2) is 6.59. The Morgan fingerprint density at radius 2 is 2.15 bits per heavy atom. The van der Waals surface area contributed by atoms with E-state index in [1.807, 2.05) is 0 Å². The standard InChI is InChI=1S/C14H11Cl2NO3/c1-2-19-14(18)13-8-11(20-17-13)6-4-9-3-5-10(15)7-12(9)16/h3-8H,2H2,1H3/b6-4-. The first kappa shape index (κ1) is 14.6. The highest BCUT2D eigenvalue weighted by Gasteiger charge is 2.11. The molecule has 0 spiro atoms. The highest BCUT2D eigenvalue weighted by atomic mass is 35.5. The van der Waals surface area contributed by atoms with Gasteiger partial charge in [0, 0.05) is 16.1 Å². The Hall–Kier alpha value is -1.78. The molecule has 1 aromatic carbocycles. The minimum atomic E-state index is -0.513. The molecule has 0 N–H and O–H groups in total. The maximum absolute atomic E-state index is 11.4. The van der Waals surface area contributed by atoms with Crippen LogP contribution in [0, 0.1) is 0 Å². The van der Waals surface area contributed by atoms with E-state index in [-0.39, 0.29) is 12.3 Å². The van der Waals surface area contributed by atoms with Gasteiger partial charge in [-0.1, -0.05) is 34.4 Å². The number of carbonyl (C=O) groups excluding carboxylic acids is 1. The van der Waals surface area contributed by atoms with E-state index in [0.29, 0.717) is 15.8 Å². The summed E-state index contributed by atoms with van der Waals surface area (Å²) in [7, 11) is 0. The first-order valence-electron chi connectivity index (χ1n) is 5.87. The van der Waals surface area contributed by atoms with Gasteiger partial charge in [-0.25, -0.2) is 4.79 Å². The van der Waals surface area contributed by atoms with Crippen molar-refractivity contribution in [3.8, 4) is 0 Å². The molecule has 0 bridgehead atoms. The number of benzene rings is 1. The van der Waals surface area contributed by atoms with Crippen LogP contribution in [-0.2, 0) is 4.74 Å². The fourth-order valence-corrected chi connectivity index (χ4v) is 1.95. The predicted molar refractivity (Wildman–Crippen MR) is 77.8 cm³/mol. The highest BCUT2D eigenvalue weighted by molar-refractivity contribution is 6.35. The third-order valence-electron chi connectivity index (χ3n) is 2.40. The third-order valence-corrected chi connectivity index (χ3v) is 2.97. The van der Waals surface area contributed by atoms with Crippen molar-refractivity contribution in [1.82, 2.24) is 5.16 Å². The Morgan fingerprint density at radius 1 is 1.35 bits per heavy atom. The van der Waals surface area contributed by atoms with Gasteiger partial charge in [-0.2, -0.15) is 0 Å². The topological polar surface area (TPSA) is 52.3 Å². The Kier molecular flexibility index (Phi) is 4.82. The molecule has 1 heterocycles. The van der Waals surface area contributed by atoms with Crippen LogP contribution in [-0.4, -0.2) is 17.7 Å². The Balaban J connectivity index is 2.13. The van der Waals surface area contributed by atoms with Gasteiger partial charge in [0.2, 0.25) is 0 Å². The largest absolute Gasteiger partial charge is 0.461 e. The van der Waals surface area contributed by atoms with E-state index < -0.39 is 5.97 Å². The maximum Gasteiger partial charge on any atom is 0.360 e. The molecular formula is C14H11Cl2NO3. The lowest BCUT2D eigenvalue weighted by Gasteiger charge is -1.97. The van der Waals surface area contributed by atoms with Crippen LogP contribution in [0.25, 0.3) is 12.2 Å². The zero-order valence-electron chi connectivity index (χ0n) is 10.6. The lowest BCUT2D eigenvalue weighted by Crippen LogP contribution is -2.04. The number of hydrogen-bond donors (Lipinski definition) is 0. The van der Waals surface area contributed by atoms with E-state index in [4.69, 9.17) is 32.5 Å². The molecule has 0 aliphatic carbocycles. The second-order valence-corrected chi connectivity index (χ2v) is 4.68. The number of aromatic nitrogens is 1. The average molecular weight is 312 g/mol. The van der Waals surface area contributed by atoms with Gasteiger partial charge in [0.1, 0.15) is 0 Å². The minimum Gasteiger partial charge on any atom is -0.461 e. The van der Waals surface area contributed by atoms with Gasteiger partial charge in [0.15, 0.2) is 11.5 Å². The highest BCUT2D eigenvalue weighted by Crippen LogP contribution is 2.23. The van der Waals surface area contributed by atoms with Gasteiger partial charge in [0.25, 0.3) is 0 Å². The molecule has 0 unspecified atom stereocenters. The fraction of sp³-hybridized carbons (Fsp3) is 0.143. The van der Waals surface area contributed by atoms with Crippen molar-refractivity contribution in [2.75, 3.05) is 6.61 Å². The van der Waals surface area contributed by atoms with Crippen molar-refractivity contribution in [2.24, 2.45) is 0 Å². The van der Waals surface area contributed by atoms with E-state index in [1.165, 1.54) is 6.07 Å². The first-order valence-corrected chi connectivity index (χ1v) is 6.62. The summed E-state index contributed by atoms with van der Waals surface area (Å²) in [6.45, 7) is 2.01. The molecule has 0 atom stereocenters. The molecule has 6 heteroatoms. The van der Waals surface area contributed by atoms with Gasteiger partial charge in [-0.3, -0.25) is 0 Å². The molecule has 2 rings (SSSR count). The summed E-state index contributed by atoms with van der Waals surface area (Å²) in [5, 5.41) is 4.72. The molecular weight excluding hydrogens is 301 g/mol. The molecule has 104 valence electrons. The van der Waals surface area contributed by atoms with Crippen molar-refractivity contribution < 1.29 is 14.1 Å². The number of nitrogens with zero attached hydrogens (tertiary/aromatic N) is 1. The average Bonchev–Trinajstić information content (AvgIpc) is 2.87. The molecule has 2 aromatic rings. The van der Waals surface area contributed by atoms with E-state index in [0.717, 1.165) is 5.56 Å². The molecule has 0 amide bonds. The zero-order chi connectivity index (χ0) is 14.5. The monoisotopic (exact) mass is 311 g/mol. The molecule has 0 fully saturated rings. The van der Waals surface area contributed by atoms with Crippen LogP contribution < -0.4 is 0 Å². The first-order chi connectivity index (χ1) is 9.60. The van der Waals surface area contributed by atoms with Crippen molar-refractivity contribution in [1.29, 1.82) is 0 Å². The normalized spacial score (nSPS) is 10.9. The molecule has 0 aliphatic heterocycles. The van der Waals surface area contributed by atoms with Crippen molar-refractivity contribution in [2.45, 2.75) is 6.92 Å². The summed E-state index contributed by atoms with van der Waals surface area (Å²) in [6, 6.07) is 6.66. The van der Waals surface area contributed by atoms with Gasteiger partial charge in [-0.15, -0.1) is 0 Å². The van der Waals surface area contributed by atoms with Crippen molar-refractivity contribution in [3.05, 3.63) is 51.3 Å². The van der Waals surface area contributed by atoms with Crippen LogP contribution in [0.1, 0.15) is 28.7 Å². The predicted octanol–water partition coefficient (Wildman–Crippen LogP) is 4.33. The Bertz CT molecular complexity index is 650. The van der Waals surface area contributed by atoms with Crippen LogP contribution in [0.3, 0.4) is 0 Å². The molecule has 0 radical (unpaired) electrons. The lowest BCUT2D eigenvalue weighted by atomic mass is 10.2. The number of halogens is 2. The van der Waals surface area contributed by atoms with E-state index in [2.05, 4.69) is 5.16 Å². The minimum absolute atomic E-state index is 0.133. The van der Waals surface area contributed by atoms with Gasteiger partial charge in [-0.05, 0) is 36.8 Å². The molecule has 0 aliphatic rings. The number of rotatable bonds is 4. The van der Waals surface area contributed by atoms with E-state index in [9.17, 15) is 4.79 Å². The summed E-state index contributed by atoms with van der Waals surface area (Å²) < 4.78 is 9.83. The van der Waals surface area contributed by atoms with Gasteiger partial charge in [0.05, 0.1) is 6.61 Å². The van der Waals surface area contributed by atoms with Crippen LogP contribution in [0.15, 0.2) is 28.8 Å². The molecule has 4 nitrogen and oxygen atoms in total. The lowest BCUT2D eigenvalue weighted by molar-refractivity contribution is 0.0514. The third kappa shape index (κ3) is 3.62. The van der Waals surface area contributed by atoms with Gasteiger partial charge < -0.3 is 9.26 Å². The Morgan fingerprint density at radius 3 is 2.85 bits per heavy atom. The summed E-state index contributed by atoms with van der Waals surface area (Å²) in [4.78, 5) is 11.4. The summed E-state index contributed by atoms with van der Waals surface area (Å²) in [5.74, 6) is -0.0838.